The topological polar surface area (TPSA) is 41.1 Å². The SMILES string of the molecule is CC(C)(NCCCC/C=C\CC1CC(=S)NC1=O)c1ccccc1. The van der Waals surface area contributed by atoms with Crippen molar-refractivity contribution in [1.82, 2.24) is 10.6 Å². The lowest BCUT2D eigenvalue weighted by molar-refractivity contribution is -0.121. The first-order chi connectivity index (χ1) is 11.5. The van der Waals surface area contributed by atoms with Gasteiger partial charge >= 0.3 is 0 Å². The molecule has 3 nitrogen and oxygen atoms in total. The Morgan fingerprint density at radius 2 is 2.00 bits per heavy atom. The van der Waals surface area contributed by atoms with Gasteiger partial charge in [-0.05, 0) is 51.6 Å². The molecule has 0 radical (unpaired) electrons. The summed E-state index contributed by atoms with van der Waals surface area (Å²) in [5.41, 5.74) is 1.32. The molecule has 1 fully saturated rings. The van der Waals surface area contributed by atoms with Crippen LogP contribution in [0.3, 0.4) is 0 Å². The average Bonchev–Trinajstić information content (AvgIpc) is 2.88. The standard InChI is InChI=1S/C20H28N2OS/c1-20(2,17-12-8-6-9-13-17)21-14-10-5-3-4-7-11-16-15-18(24)22-19(16)23/h4,6-9,12-13,16,21H,3,5,10-11,14-15H2,1-2H3,(H,22,23,24)/b7-4-. The molecule has 1 aliphatic heterocycles. The van der Waals surface area contributed by atoms with Crippen molar-refractivity contribution in [2.45, 2.75) is 51.5 Å². The zero-order valence-corrected chi connectivity index (χ0v) is 15.5. The highest BCUT2D eigenvalue weighted by Gasteiger charge is 2.26. The van der Waals surface area contributed by atoms with E-state index < -0.39 is 0 Å². The van der Waals surface area contributed by atoms with Crippen molar-refractivity contribution in [3.05, 3.63) is 48.0 Å². The maximum atomic E-state index is 11.6. The molecule has 130 valence electrons. The molecule has 0 aromatic heterocycles. The number of thiocarbonyl (C=S) groups is 1. The third kappa shape index (κ3) is 5.84. The molecular formula is C20H28N2OS. The summed E-state index contributed by atoms with van der Waals surface area (Å²) in [5.74, 6) is 0.124. The molecule has 1 aliphatic rings. The fraction of sp³-hybridized carbons (Fsp3) is 0.500. The number of carbonyl (C=O) groups excluding carboxylic acids is 1. The second-order valence-corrected chi connectivity index (χ2v) is 7.43. The summed E-state index contributed by atoms with van der Waals surface area (Å²) < 4.78 is 0. The second kappa shape index (κ2) is 9.09. The summed E-state index contributed by atoms with van der Waals surface area (Å²) >= 11 is 5.02. The van der Waals surface area contributed by atoms with Crippen LogP contribution in [0.4, 0.5) is 0 Å². The number of unbranched alkanes of at least 4 members (excludes halogenated alkanes) is 2. The molecule has 0 aliphatic carbocycles. The van der Waals surface area contributed by atoms with Gasteiger partial charge in [-0.25, -0.2) is 0 Å². The van der Waals surface area contributed by atoms with Crippen LogP contribution < -0.4 is 10.6 Å². The number of rotatable bonds is 9. The van der Waals surface area contributed by atoms with Gasteiger partial charge in [0.05, 0.1) is 4.99 Å². The maximum Gasteiger partial charge on any atom is 0.228 e. The first-order valence-corrected chi connectivity index (χ1v) is 9.19. The Bertz CT molecular complexity index is 581. The molecule has 1 heterocycles. The van der Waals surface area contributed by atoms with E-state index in [1.165, 1.54) is 5.56 Å². The monoisotopic (exact) mass is 344 g/mol. The van der Waals surface area contributed by atoms with E-state index in [0.29, 0.717) is 11.4 Å². The fourth-order valence-corrected chi connectivity index (χ4v) is 3.22. The number of hydrogen-bond acceptors (Lipinski definition) is 3. The molecule has 1 saturated heterocycles. The predicted molar refractivity (Wildman–Crippen MR) is 104 cm³/mol. The summed E-state index contributed by atoms with van der Waals surface area (Å²) in [4.78, 5) is 12.2. The molecule has 0 bridgehead atoms. The number of nitrogens with one attached hydrogen (secondary N) is 2. The van der Waals surface area contributed by atoms with Crippen LogP contribution >= 0.6 is 12.2 Å². The smallest absolute Gasteiger partial charge is 0.228 e. The first kappa shape index (κ1) is 18.8. The van der Waals surface area contributed by atoms with Crippen LogP contribution in [0.25, 0.3) is 0 Å². The Morgan fingerprint density at radius 3 is 2.67 bits per heavy atom. The lowest BCUT2D eigenvalue weighted by Crippen LogP contribution is -2.37. The number of amides is 1. The van der Waals surface area contributed by atoms with Gasteiger partial charge in [0.1, 0.15) is 0 Å². The lowest BCUT2D eigenvalue weighted by Gasteiger charge is -2.27. The summed E-state index contributed by atoms with van der Waals surface area (Å²) in [6.45, 7) is 5.45. The van der Waals surface area contributed by atoms with Crippen molar-refractivity contribution < 1.29 is 4.79 Å². The number of hydrogen-bond donors (Lipinski definition) is 2. The number of benzene rings is 1. The van der Waals surface area contributed by atoms with Crippen LogP contribution in [0.15, 0.2) is 42.5 Å². The molecule has 1 aromatic rings. The van der Waals surface area contributed by atoms with Gasteiger partial charge in [-0.2, -0.15) is 0 Å². The van der Waals surface area contributed by atoms with Gasteiger partial charge in [0, 0.05) is 17.9 Å². The van der Waals surface area contributed by atoms with Crippen molar-refractivity contribution in [3.8, 4) is 0 Å². The van der Waals surface area contributed by atoms with Crippen molar-refractivity contribution in [3.63, 3.8) is 0 Å². The van der Waals surface area contributed by atoms with E-state index in [1.807, 2.05) is 0 Å². The normalized spacial score (nSPS) is 18.3. The summed E-state index contributed by atoms with van der Waals surface area (Å²) in [6, 6.07) is 10.6. The minimum absolute atomic E-state index is 0.00531. The highest BCUT2D eigenvalue weighted by molar-refractivity contribution is 7.80. The molecule has 1 amide bonds. The fourth-order valence-electron chi connectivity index (χ4n) is 2.92. The minimum Gasteiger partial charge on any atom is -0.320 e. The molecule has 0 saturated carbocycles. The van der Waals surface area contributed by atoms with Crippen LogP contribution in [-0.2, 0) is 10.3 Å². The highest BCUT2D eigenvalue weighted by atomic mass is 32.1. The molecule has 0 spiro atoms. The Hall–Kier alpha value is -1.52. The highest BCUT2D eigenvalue weighted by Crippen LogP contribution is 2.19. The van der Waals surface area contributed by atoms with Crippen molar-refractivity contribution in [2.75, 3.05) is 6.54 Å². The maximum absolute atomic E-state index is 11.6. The molecule has 2 N–H and O–H groups in total. The third-order valence-electron chi connectivity index (χ3n) is 4.51. The molecule has 2 rings (SSSR count). The molecule has 1 atom stereocenters. The minimum atomic E-state index is 0.00531. The van der Waals surface area contributed by atoms with E-state index in [0.717, 1.165) is 32.2 Å². The molecule has 1 unspecified atom stereocenters. The van der Waals surface area contributed by atoms with Crippen molar-refractivity contribution in [1.29, 1.82) is 0 Å². The van der Waals surface area contributed by atoms with Gasteiger partial charge in [-0.3, -0.25) is 4.79 Å². The Morgan fingerprint density at radius 1 is 1.25 bits per heavy atom. The predicted octanol–water partition coefficient (Wildman–Crippen LogP) is 4.09. The van der Waals surface area contributed by atoms with Crippen LogP contribution in [0.2, 0.25) is 0 Å². The Kier molecular flexibility index (Phi) is 7.13. The largest absolute Gasteiger partial charge is 0.320 e. The number of allylic oxidation sites excluding steroid dienone is 2. The molecule has 1 aromatic carbocycles. The van der Waals surface area contributed by atoms with E-state index in [9.17, 15) is 4.79 Å². The molecular weight excluding hydrogens is 316 g/mol. The van der Waals surface area contributed by atoms with Gasteiger partial charge < -0.3 is 10.6 Å². The van der Waals surface area contributed by atoms with Crippen LogP contribution in [0.1, 0.15) is 51.5 Å². The summed E-state index contributed by atoms with van der Waals surface area (Å²) in [6.07, 6.45) is 9.18. The van der Waals surface area contributed by atoms with Gasteiger partial charge in [-0.1, -0.05) is 54.7 Å². The van der Waals surface area contributed by atoms with Crippen molar-refractivity contribution in [2.24, 2.45) is 5.92 Å². The zero-order valence-electron chi connectivity index (χ0n) is 14.7. The van der Waals surface area contributed by atoms with Crippen LogP contribution in [0, 0.1) is 5.92 Å². The third-order valence-corrected chi connectivity index (χ3v) is 4.78. The molecule has 4 heteroatoms. The van der Waals surface area contributed by atoms with Gasteiger partial charge in [-0.15, -0.1) is 0 Å². The van der Waals surface area contributed by atoms with Gasteiger partial charge in [0.25, 0.3) is 0 Å². The van der Waals surface area contributed by atoms with E-state index in [1.54, 1.807) is 0 Å². The van der Waals surface area contributed by atoms with Gasteiger partial charge in [0.2, 0.25) is 5.91 Å². The van der Waals surface area contributed by atoms with Crippen LogP contribution in [-0.4, -0.2) is 17.4 Å². The van der Waals surface area contributed by atoms with E-state index >= 15 is 0 Å². The van der Waals surface area contributed by atoms with E-state index in [2.05, 4.69) is 67.0 Å². The van der Waals surface area contributed by atoms with Crippen molar-refractivity contribution >= 4 is 23.1 Å². The summed E-state index contributed by atoms with van der Waals surface area (Å²) in [5, 5.41) is 6.34. The first-order valence-electron chi connectivity index (χ1n) is 8.78. The van der Waals surface area contributed by atoms with E-state index in [-0.39, 0.29) is 17.4 Å². The second-order valence-electron chi connectivity index (χ2n) is 6.93. The quantitative estimate of drug-likeness (QED) is 0.403. The zero-order chi connectivity index (χ0) is 17.4. The van der Waals surface area contributed by atoms with Crippen LogP contribution in [0.5, 0.6) is 0 Å². The Balaban J connectivity index is 1.57. The number of carbonyl (C=O) groups is 1. The van der Waals surface area contributed by atoms with E-state index in [4.69, 9.17) is 12.2 Å². The Labute approximate surface area is 150 Å². The summed E-state index contributed by atoms with van der Waals surface area (Å²) in [7, 11) is 0. The lowest BCUT2D eigenvalue weighted by atomic mass is 9.94. The van der Waals surface area contributed by atoms with Gasteiger partial charge in [0.15, 0.2) is 0 Å². The average molecular weight is 345 g/mol. The molecule has 24 heavy (non-hydrogen) atoms.